The van der Waals surface area contributed by atoms with E-state index < -0.39 is 4.92 Å². The fraction of sp³-hybridized carbons (Fsp3) is 0. The Hall–Kier alpha value is -3.93. The maximum Gasteiger partial charge on any atom is 0.269 e. The Labute approximate surface area is 154 Å². The van der Waals surface area contributed by atoms with E-state index in [1.54, 1.807) is 24.3 Å². The Kier molecular flexibility index (Phi) is 4.14. The zero-order valence-corrected chi connectivity index (χ0v) is 14.1. The second-order valence-corrected chi connectivity index (χ2v) is 5.88. The number of aromatic hydroxyl groups is 1. The average Bonchev–Trinajstić information content (AvgIpc) is 3.04. The summed E-state index contributed by atoms with van der Waals surface area (Å²) in [5.41, 5.74) is 2.25. The van der Waals surface area contributed by atoms with E-state index in [9.17, 15) is 15.2 Å². The maximum absolute atomic E-state index is 10.8. The highest BCUT2D eigenvalue weighted by molar-refractivity contribution is 6.16. The first-order valence-corrected chi connectivity index (χ1v) is 8.23. The second-order valence-electron chi connectivity index (χ2n) is 5.88. The normalized spacial score (nSPS) is 11.6. The molecule has 132 valence electrons. The van der Waals surface area contributed by atoms with Gasteiger partial charge in [-0.15, -0.1) is 0 Å². The van der Waals surface area contributed by atoms with Crippen molar-refractivity contribution in [3.63, 3.8) is 0 Å². The van der Waals surface area contributed by atoms with Crippen molar-refractivity contribution in [1.82, 2.24) is 0 Å². The smallest absolute Gasteiger partial charge is 0.269 e. The number of nitrogens with zero attached hydrogens (tertiary/aromatic N) is 2. The van der Waals surface area contributed by atoms with Gasteiger partial charge in [-0.1, -0.05) is 42.5 Å². The van der Waals surface area contributed by atoms with Crippen LogP contribution in [0, 0.1) is 10.1 Å². The minimum absolute atomic E-state index is 0.00937. The largest absolute Gasteiger partial charge is 0.504 e. The lowest BCUT2D eigenvalue weighted by Gasteiger charge is -2.05. The molecule has 4 rings (SSSR count). The van der Waals surface area contributed by atoms with Crippen LogP contribution < -0.4 is 0 Å². The number of hydrogen-bond acceptors (Lipinski definition) is 5. The molecule has 27 heavy (non-hydrogen) atoms. The van der Waals surface area contributed by atoms with Gasteiger partial charge in [0.15, 0.2) is 11.5 Å². The lowest BCUT2D eigenvalue weighted by Crippen LogP contribution is -2.01. The fourth-order valence-corrected chi connectivity index (χ4v) is 2.81. The molecular weight excluding hydrogens is 344 g/mol. The van der Waals surface area contributed by atoms with Gasteiger partial charge in [-0.05, 0) is 24.3 Å². The van der Waals surface area contributed by atoms with Gasteiger partial charge in [0.2, 0.25) is 0 Å². The summed E-state index contributed by atoms with van der Waals surface area (Å²) in [6.45, 7) is 0. The van der Waals surface area contributed by atoms with E-state index in [-0.39, 0.29) is 17.2 Å². The van der Waals surface area contributed by atoms with Crippen LogP contribution in [0.25, 0.3) is 11.0 Å². The third-order valence-electron chi connectivity index (χ3n) is 4.13. The molecule has 0 saturated carbocycles. The average molecular weight is 358 g/mol. The van der Waals surface area contributed by atoms with Crippen LogP contribution in [-0.2, 0) is 0 Å². The standard InChI is InChI=1S/C21H14N2O4/c24-20-17-8-4-5-9-18(17)27-21(20)19(14-6-2-1-3-7-14)22-15-10-12-16(13-11-15)23(25)26/h1-13,24H. The highest BCUT2D eigenvalue weighted by atomic mass is 16.6. The molecule has 6 heteroatoms. The molecular formula is C21H14N2O4. The van der Waals surface area contributed by atoms with Crippen LogP contribution in [0.1, 0.15) is 11.3 Å². The first-order chi connectivity index (χ1) is 13.1. The molecule has 0 saturated heterocycles. The SMILES string of the molecule is O=[N+]([O-])c1ccc(N=C(c2ccccc2)c2oc3ccccc3c2O)cc1. The van der Waals surface area contributed by atoms with Crippen molar-refractivity contribution in [3.8, 4) is 5.75 Å². The number of aliphatic imine (C=N–C) groups is 1. The first kappa shape index (κ1) is 16.5. The zero-order chi connectivity index (χ0) is 18.8. The number of nitro benzene ring substituents is 1. The van der Waals surface area contributed by atoms with Gasteiger partial charge >= 0.3 is 0 Å². The van der Waals surface area contributed by atoms with E-state index >= 15 is 0 Å². The van der Waals surface area contributed by atoms with E-state index in [4.69, 9.17) is 4.42 Å². The molecule has 0 atom stereocenters. The van der Waals surface area contributed by atoms with Crippen LogP contribution in [0.15, 0.2) is 88.3 Å². The topological polar surface area (TPSA) is 88.9 Å². The molecule has 1 aromatic heterocycles. The minimum atomic E-state index is -0.462. The molecule has 0 bridgehead atoms. The molecule has 1 N–H and O–H groups in total. The lowest BCUT2D eigenvalue weighted by atomic mass is 10.1. The summed E-state index contributed by atoms with van der Waals surface area (Å²) in [6, 6.07) is 22.4. The molecule has 0 amide bonds. The summed E-state index contributed by atoms with van der Waals surface area (Å²) in [7, 11) is 0. The summed E-state index contributed by atoms with van der Waals surface area (Å²) in [5.74, 6) is 0.260. The quantitative estimate of drug-likeness (QED) is 0.308. The van der Waals surface area contributed by atoms with Gasteiger partial charge in [0.1, 0.15) is 11.3 Å². The Morgan fingerprint density at radius 1 is 0.926 bits per heavy atom. The molecule has 4 aromatic rings. The molecule has 0 aliphatic carbocycles. The van der Waals surface area contributed by atoms with Crippen molar-refractivity contribution >= 4 is 28.1 Å². The van der Waals surface area contributed by atoms with E-state index in [1.807, 2.05) is 42.5 Å². The van der Waals surface area contributed by atoms with Gasteiger partial charge in [-0.25, -0.2) is 4.99 Å². The fourth-order valence-electron chi connectivity index (χ4n) is 2.81. The lowest BCUT2D eigenvalue weighted by molar-refractivity contribution is -0.384. The predicted octanol–water partition coefficient (Wildman–Crippen LogP) is 5.22. The highest BCUT2D eigenvalue weighted by Gasteiger charge is 2.20. The maximum atomic E-state index is 10.8. The third-order valence-corrected chi connectivity index (χ3v) is 4.13. The third kappa shape index (κ3) is 3.16. The summed E-state index contributed by atoms with van der Waals surface area (Å²) < 4.78 is 5.86. The summed E-state index contributed by atoms with van der Waals surface area (Å²) in [4.78, 5) is 15.0. The highest BCUT2D eigenvalue weighted by Crippen LogP contribution is 2.34. The number of non-ortho nitro benzene ring substituents is 1. The van der Waals surface area contributed by atoms with Gasteiger partial charge in [-0.2, -0.15) is 0 Å². The summed E-state index contributed by atoms with van der Waals surface area (Å²) >= 11 is 0. The van der Waals surface area contributed by atoms with Crippen LogP contribution in [0.2, 0.25) is 0 Å². The van der Waals surface area contributed by atoms with Gasteiger partial charge in [0.25, 0.3) is 5.69 Å². The molecule has 0 aliphatic heterocycles. The van der Waals surface area contributed by atoms with Gasteiger partial charge in [0, 0.05) is 17.7 Å². The molecule has 6 nitrogen and oxygen atoms in total. The summed E-state index contributed by atoms with van der Waals surface area (Å²) in [5, 5.41) is 22.1. The minimum Gasteiger partial charge on any atom is -0.504 e. The van der Waals surface area contributed by atoms with E-state index in [1.165, 1.54) is 12.1 Å². The van der Waals surface area contributed by atoms with Crippen molar-refractivity contribution in [2.24, 2.45) is 4.99 Å². The number of para-hydroxylation sites is 1. The number of fused-ring (bicyclic) bond motifs is 1. The van der Waals surface area contributed by atoms with Crippen LogP contribution >= 0.6 is 0 Å². The molecule has 3 aromatic carbocycles. The second kappa shape index (κ2) is 6.76. The van der Waals surface area contributed by atoms with Gasteiger partial charge in [-0.3, -0.25) is 10.1 Å². The number of furan rings is 1. The number of nitro groups is 1. The zero-order valence-electron chi connectivity index (χ0n) is 14.1. The van der Waals surface area contributed by atoms with Crippen molar-refractivity contribution in [1.29, 1.82) is 0 Å². The molecule has 0 fully saturated rings. The van der Waals surface area contributed by atoms with E-state index in [0.717, 1.165) is 5.56 Å². The number of hydrogen-bond donors (Lipinski definition) is 1. The molecule has 0 radical (unpaired) electrons. The van der Waals surface area contributed by atoms with Gasteiger partial charge in [0.05, 0.1) is 16.0 Å². The van der Waals surface area contributed by atoms with Crippen molar-refractivity contribution in [2.45, 2.75) is 0 Å². The molecule has 0 spiro atoms. The predicted molar refractivity (Wildman–Crippen MR) is 103 cm³/mol. The van der Waals surface area contributed by atoms with Crippen LogP contribution in [0.5, 0.6) is 5.75 Å². The number of benzene rings is 3. The van der Waals surface area contributed by atoms with Gasteiger partial charge < -0.3 is 9.52 Å². The van der Waals surface area contributed by atoms with Crippen LogP contribution in [0.3, 0.4) is 0 Å². The first-order valence-electron chi connectivity index (χ1n) is 8.23. The van der Waals surface area contributed by atoms with Crippen molar-refractivity contribution < 1.29 is 14.4 Å². The Morgan fingerprint density at radius 3 is 2.26 bits per heavy atom. The monoisotopic (exact) mass is 358 g/mol. The van der Waals surface area contributed by atoms with Crippen molar-refractivity contribution in [3.05, 3.63) is 100 Å². The molecule has 0 aliphatic rings. The number of rotatable bonds is 4. The van der Waals surface area contributed by atoms with Crippen LogP contribution in [-0.4, -0.2) is 15.7 Å². The van der Waals surface area contributed by atoms with E-state index in [2.05, 4.69) is 4.99 Å². The van der Waals surface area contributed by atoms with E-state index in [0.29, 0.717) is 22.4 Å². The van der Waals surface area contributed by atoms with Crippen LogP contribution in [0.4, 0.5) is 11.4 Å². The molecule has 1 heterocycles. The Morgan fingerprint density at radius 2 is 1.59 bits per heavy atom. The Bertz CT molecular complexity index is 1150. The Balaban J connectivity index is 1.89. The molecule has 0 unspecified atom stereocenters. The van der Waals surface area contributed by atoms with Crippen molar-refractivity contribution in [2.75, 3.05) is 0 Å². The summed E-state index contributed by atoms with van der Waals surface area (Å²) in [6.07, 6.45) is 0.